The van der Waals surface area contributed by atoms with Gasteiger partial charge in [-0.25, -0.2) is 4.79 Å². The van der Waals surface area contributed by atoms with Crippen molar-refractivity contribution in [1.82, 2.24) is 4.57 Å². The first kappa shape index (κ1) is 12.0. The van der Waals surface area contributed by atoms with Crippen molar-refractivity contribution in [2.45, 2.75) is 6.54 Å². The minimum atomic E-state index is -0.427. The molecule has 3 nitrogen and oxygen atoms in total. The maximum absolute atomic E-state index is 11.5. The van der Waals surface area contributed by atoms with Crippen molar-refractivity contribution in [2.75, 3.05) is 6.61 Å². The van der Waals surface area contributed by atoms with Gasteiger partial charge in [-0.2, -0.15) is 0 Å². The summed E-state index contributed by atoms with van der Waals surface area (Å²) in [7, 11) is 0. The molecule has 0 unspecified atom stereocenters. The van der Waals surface area contributed by atoms with Crippen LogP contribution in [0.5, 0.6) is 0 Å². The lowest BCUT2D eigenvalue weighted by molar-refractivity contribution is -0.135. The monoisotopic (exact) mass is 217 g/mol. The molecule has 0 bridgehead atoms. The summed E-state index contributed by atoms with van der Waals surface area (Å²) in [4.78, 5) is 11.5. The fourth-order valence-electron chi connectivity index (χ4n) is 1.31. The highest BCUT2D eigenvalue weighted by atomic mass is 16.5. The van der Waals surface area contributed by atoms with E-state index in [-0.39, 0.29) is 6.61 Å². The van der Waals surface area contributed by atoms with Gasteiger partial charge < -0.3 is 9.30 Å². The average molecular weight is 217 g/mol. The van der Waals surface area contributed by atoms with E-state index >= 15 is 0 Å². The van der Waals surface area contributed by atoms with Gasteiger partial charge in [0, 0.05) is 12.7 Å². The van der Waals surface area contributed by atoms with E-state index in [1.165, 1.54) is 6.08 Å². The number of allylic oxidation sites excluding steroid dienone is 1. The van der Waals surface area contributed by atoms with Gasteiger partial charge in [-0.3, -0.25) is 0 Å². The number of rotatable bonds is 6. The van der Waals surface area contributed by atoms with E-state index in [4.69, 9.17) is 4.74 Å². The molecule has 0 saturated heterocycles. The lowest BCUT2D eigenvalue weighted by atomic mass is 10.2. The Morgan fingerprint density at radius 2 is 2.19 bits per heavy atom. The highest BCUT2D eigenvalue weighted by Gasteiger charge is 2.13. The second-order valence-electron chi connectivity index (χ2n) is 3.20. The van der Waals surface area contributed by atoms with E-state index in [0.717, 1.165) is 5.69 Å². The summed E-state index contributed by atoms with van der Waals surface area (Å²) in [5.74, 6) is -0.427. The molecule has 16 heavy (non-hydrogen) atoms. The van der Waals surface area contributed by atoms with Crippen molar-refractivity contribution >= 4 is 11.5 Å². The molecule has 1 rings (SSSR count). The summed E-state index contributed by atoms with van der Waals surface area (Å²) in [6.45, 7) is 11.7. The zero-order chi connectivity index (χ0) is 12.0. The standard InChI is InChI=1S/C13H15NO2/c1-4-8-14-9-6-7-12(14)11(3)13(15)16-10-5-2/h4-7,9H,1-3,8,10H2. The molecule has 1 aromatic heterocycles. The van der Waals surface area contributed by atoms with E-state index in [2.05, 4.69) is 19.7 Å². The van der Waals surface area contributed by atoms with Crippen molar-refractivity contribution in [1.29, 1.82) is 0 Å². The van der Waals surface area contributed by atoms with Crippen molar-refractivity contribution in [2.24, 2.45) is 0 Å². The van der Waals surface area contributed by atoms with Gasteiger partial charge in [-0.15, -0.1) is 6.58 Å². The van der Waals surface area contributed by atoms with Gasteiger partial charge in [0.2, 0.25) is 0 Å². The number of carbonyl (C=O) groups is 1. The van der Waals surface area contributed by atoms with Crippen molar-refractivity contribution in [3.05, 3.63) is 55.9 Å². The highest BCUT2D eigenvalue weighted by molar-refractivity contribution is 6.15. The van der Waals surface area contributed by atoms with Crippen LogP contribution < -0.4 is 0 Å². The number of esters is 1. The molecule has 0 saturated carbocycles. The number of ether oxygens (including phenoxy) is 1. The smallest absolute Gasteiger partial charge is 0.339 e. The largest absolute Gasteiger partial charge is 0.458 e. The van der Waals surface area contributed by atoms with Crippen LogP contribution in [0.2, 0.25) is 0 Å². The first-order chi connectivity index (χ1) is 7.70. The van der Waals surface area contributed by atoms with Gasteiger partial charge in [0.15, 0.2) is 0 Å². The topological polar surface area (TPSA) is 31.2 Å². The Hall–Kier alpha value is -2.03. The number of aromatic nitrogens is 1. The number of carbonyl (C=O) groups excluding carboxylic acids is 1. The lowest BCUT2D eigenvalue weighted by Gasteiger charge is -2.08. The molecule has 0 aliphatic heterocycles. The fraction of sp³-hybridized carbons (Fsp3) is 0.154. The normalized spacial score (nSPS) is 9.50. The summed E-state index contributed by atoms with van der Waals surface area (Å²) in [6, 6.07) is 3.67. The van der Waals surface area contributed by atoms with E-state index in [1.807, 2.05) is 22.9 Å². The molecule has 0 aliphatic rings. The molecular formula is C13H15NO2. The number of nitrogens with zero attached hydrogens (tertiary/aromatic N) is 1. The maximum atomic E-state index is 11.5. The number of hydrogen-bond donors (Lipinski definition) is 0. The van der Waals surface area contributed by atoms with Crippen LogP contribution in [0.15, 0.2) is 50.2 Å². The average Bonchev–Trinajstić information content (AvgIpc) is 2.73. The summed E-state index contributed by atoms with van der Waals surface area (Å²) in [5.41, 5.74) is 1.09. The van der Waals surface area contributed by atoms with Gasteiger partial charge in [0.25, 0.3) is 0 Å². The molecule has 0 atom stereocenters. The Morgan fingerprint density at radius 1 is 1.44 bits per heavy atom. The first-order valence-electron chi connectivity index (χ1n) is 4.94. The molecule has 0 N–H and O–H groups in total. The van der Waals surface area contributed by atoms with E-state index in [9.17, 15) is 4.79 Å². The fourth-order valence-corrected chi connectivity index (χ4v) is 1.31. The van der Waals surface area contributed by atoms with Gasteiger partial charge in [0.1, 0.15) is 6.61 Å². The predicted octanol–water partition coefficient (Wildman–Crippen LogP) is 2.42. The van der Waals surface area contributed by atoms with Crippen LogP contribution in [0, 0.1) is 0 Å². The van der Waals surface area contributed by atoms with Crippen molar-refractivity contribution < 1.29 is 9.53 Å². The Kier molecular flexibility index (Phi) is 4.33. The molecule has 0 aliphatic carbocycles. The summed E-state index contributed by atoms with van der Waals surface area (Å²) in [6.07, 6.45) is 5.14. The second kappa shape index (κ2) is 5.75. The second-order valence-corrected chi connectivity index (χ2v) is 3.20. The van der Waals surface area contributed by atoms with Gasteiger partial charge in [-0.05, 0) is 12.1 Å². The number of hydrogen-bond acceptors (Lipinski definition) is 2. The lowest BCUT2D eigenvalue weighted by Crippen LogP contribution is -2.09. The van der Waals surface area contributed by atoms with Crippen molar-refractivity contribution in [3.8, 4) is 0 Å². The third-order valence-corrected chi connectivity index (χ3v) is 2.04. The minimum Gasteiger partial charge on any atom is -0.458 e. The molecule has 0 amide bonds. The molecule has 0 spiro atoms. The van der Waals surface area contributed by atoms with Crippen LogP contribution >= 0.6 is 0 Å². The molecule has 0 radical (unpaired) electrons. The maximum Gasteiger partial charge on any atom is 0.339 e. The first-order valence-corrected chi connectivity index (χ1v) is 4.94. The zero-order valence-electron chi connectivity index (χ0n) is 9.19. The molecular weight excluding hydrogens is 202 g/mol. The summed E-state index contributed by atoms with van der Waals surface area (Å²) >= 11 is 0. The molecule has 0 fully saturated rings. The van der Waals surface area contributed by atoms with E-state index in [0.29, 0.717) is 12.1 Å². The SMILES string of the molecule is C=CCOC(=O)C(=C)c1cccn1CC=C. The molecule has 84 valence electrons. The summed E-state index contributed by atoms with van der Waals surface area (Å²) in [5, 5.41) is 0. The molecule has 1 heterocycles. The minimum absolute atomic E-state index is 0.194. The van der Waals surface area contributed by atoms with Gasteiger partial charge in [0.05, 0.1) is 11.3 Å². The quantitative estimate of drug-likeness (QED) is 0.416. The Morgan fingerprint density at radius 3 is 2.81 bits per heavy atom. The van der Waals surface area contributed by atoms with Crippen LogP contribution in [-0.4, -0.2) is 17.1 Å². The highest BCUT2D eigenvalue weighted by Crippen LogP contribution is 2.15. The van der Waals surface area contributed by atoms with E-state index in [1.54, 1.807) is 6.08 Å². The van der Waals surface area contributed by atoms with Gasteiger partial charge in [-0.1, -0.05) is 25.3 Å². The Labute approximate surface area is 95.3 Å². The van der Waals surface area contributed by atoms with Crippen LogP contribution in [0.3, 0.4) is 0 Å². The Bertz CT molecular complexity index is 415. The van der Waals surface area contributed by atoms with Crippen molar-refractivity contribution in [3.63, 3.8) is 0 Å². The van der Waals surface area contributed by atoms with Gasteiger partial charge >= 0.3 is 5.97 Å². The van der Waals surface area contributed by atoms with Crippen LogP contribution in [0.1, 0.15) is 5.69 Å². The molecule has 3 heteroatoms. The van der Waals surface area contributed by atoms with Crippen LogP contribution in [0.4, 0.5) is 0 Å². The third kappa shape index (κ3) is 2.73. The molecule has 1 aromatic rings. The van der Waals surface area contributed by atoms with Crippen LogP contribution in [-0.2, 0) is 16.1 Å². The van der Waals surface area contributed by atoms with E-state index < -0.39 is 5.97 Å². The predicted molar refractivity (Wildman–Crippen MR) is 64.8 cm³/mol. The summed E-state index contributed by atoms with van der Waals surface area (Å²) < 4.78 is 6.79. The Balaban J connectivity index is 2.78. The zero-order valence-corrected chi connectivity index (χ0v) is 9.19. The molecule has 0 aromatic carbocycles. The van der Waals surface area contributed by atoms with Crippen LogP contribution in [0.25, 0.3) is 5.57 Å². The third-order valence-electron chi connectivity index (χ3n) is 2.04.